The second-order valence-electron chi connectivity index (χ2n) is 4.53. The first-order chi connectivity index (χ1) is 9.87. The Morgan fingerprint density at radius 3 is 2.43 bits per heavy atom. The number of benzene rings is 2. The molecule has 0 aliphatic heterocycles. The molecular formula is C15H15BrClNO2S. The number of hydrogen-bond acceptors (Lipinski definition) is 2. The van der Waals surface area contributed by atoms with Gasteiger partial charge in [0.05, 0.1) is 10.7 Å². The first-order valence-corrected chi connectivity index (χ1v) is 9.02. The van der Waals surface area contributed by atoms with E-state index in [0.717, 1.165) is 10.0 Å². The highest BCUT2D eigenvalue weighted by Gasteiger charge is 2.26. The van der Waals surface area contributed by atoms with Crippen molar-refractivity contribution in [3.05, 3.63) is 57.5 Å². The van der Waals surface area contributed by atoms with Crippen LogP contribution in [0.4, 0.5) is 5.69 Å². The zero-order chi connectivity index (χ0) is 15.6. The van der Waals surface area contributed by atoms with Gasteiger partial charge in [-0.15, -0.1) is 0 Å². The van der Waals surface area contributed by atoms with Gasteiger partial charge in [-0.2, -0.15) is 0 Å². The fourth-order valence-corrected chi connectivity index (χ4v) is 4.67. The molecule has 0 atom stereocenters. The average Bonchev–Trinajstić information content (AvgIpc) is 2.41. The third kappa shape index (κ3) is 3.25. The average molecular weight is 389 g/mol. The minimum atomic E-state index is -3.69. The third-order valence-corrected chi connectivity index (χ3v) is 6.00. The molecule has 2 aromatic rings. The molecule has 0 saturated carbocycles. The van der Waals surface area contributed by atoms with Gasteiger partial charge < -0.3 is 0 Å². The molecule has 0 saturated heterocycles. The quantitative estimate of drug-likeness (QED) is 0.766. The minimum absolute atomic E-state index is 0.109. The highest BCUT2D eigenvalue weighted by Crippen LogP contribution is 2.31. The van der Waals surface area contributed by atoms with E-state index < -0.39 is 10.0 Å². The van der Waals surface area contributed by atoms with E-state index in [0.29, 0.717) is 12.2 Å². The van der Waals surface area contributed by atoms with Crippen molar-refractivity contribution in [2.45, 2.75) is 18.7 Å². The zero-order valence-corrected chi connectivity index (χ0v) is 14.8. The number of para-hydroxylation sites is 1. The van der Waals surface area contributed by atoms with Gasteiger partial charge in [0.15, 0.2) is 0 Å². The predicted octanol–water partition coefficient (Wildman–Crippen LogP) is 4.63. The summed E-state index contributed by atoms with van der Waals surface area (Å²) in [5.41, 5.74) is 1.56. The molecule has 0 heterocycles. The summed E-state index contributed by atoms with van der Waals surface area (Å²) in [6.45, 7) is 4.02. The Balaban J connectivity index is 2.58. The first kappa shape index (κ1) is 16.3. The van der Waals surface area contributed by atoms with Crippen molar-refractivity contribution in [1.82, 2.24) is 0 Å². The monoisotopic (exact) mass is 387 g/mol. The molecule has 6 heteroatoms. The number of sulfonamides is 1. The highest BCUT2D eigenvalue weighted by atomic mass is 79.9. The van der Waals surface area contributed by atoms with Crippen molar-refractivity contribution in [2.75, 3.05) is 10.8 Å². The third-order valence-electron chi connectivity index (χ3n) is 3.13. The van der Waals surface area contributed by atoms with E-state index in [4.69, 9.17) is 11.6 Å². The summed E-state index contributed by atoms with van der Waals surface area (Å²) in [5, 5.41) is 0.205. The minimum Gasteiger partial charge on any atom is -0.266 e. The summed E-state index contributed by atoms with van der Waals surface area (Å²) in [5.74, 6) is 0. The van der Waals surface area contributed by atoms with Crippen LogP contribution in [0.25, 0.3) is 0 Å². The van der Waals surface area contributed by atoms with E-state index in [9.17, 15) is 8.42 Å². The van der Waals surface area contributed by atoms with Crippen molar-refractivity contribution < 1.29 is 8.42 Å². The van der Waals surface area contributed by atoms with E-state index in [1.54, 1.807) is 25.1 Å². The lowest BCUT2D eigenvalue weighted by atomic mass is 10.2. The molecule has 112 valence electrons. The Kier molecular flexibility index (Phi) is 4.96. The number of hydrogen-bond donors (Lipinski definition) is 0. The molecule has 0 radical (unpaired) electrons. The fraction of sp³-hybridized carbons (Fsp3) is 0.200. The lowest BCUT2D eigenvalue weighted by molar-refractivity contribution is 0.592. The summed E-state index contributed by atoms with van der Waals surface area (Å²) in [7, 11) is -3.69. The smallest absolute Gasteiger partial charge is 0.265 e. The molecule has 21 heavy (non-hydrogen) atoms. The van der Waals surface area contributed by atoms with Crippen LogP contribution in [0.2, 0.25) is 5.02 Å². The molecule has 0 unspecified atom stereocenters. The van der Waals surface area contributed by atoms with Gasteiger partial charge in [-0.05, 0) is 43.7 Å². The van der Waals surface area contributed by atoms with Gasteiger partial charge in [0, 0.05) is 11.0 Å². The molecule has 0 aromatic heterocycles. The Hall–Kier alpha value is -1.04. The summed E-state index contributed by atoms with van der Waals surface area (Å²) < 4.78 is 27.9. The molecule has 0 aliphatic carbocycles. The van der Waals surface area contributed by atoms with Crippen LogP contribution in [0, 0.1) is 6.92 Å². The van der Waals surface area contributed by atoms with Crippen LogP contribution < -0.4 is 4.31 Å². The van der Waals surface area contributed by atoms with E-state index in [-0.39, 0.29) is 9.92 Å². The molecule has 0 amide bonds. The molecule has 0 fully saturated rings. The maximum atomic E-state index is 12.9. The van der Waals surface area contributed by atoms with Crippen LogP contribution in [0.1, 0.15) is 12.5 Å². The van der Waals surface area contributed by atoms with E-state index in [1.807, 2.05) is 25.1 Å². The summed E-state index contributed by atoms with van der Waals surface area (Å²) in [6.07, 6.45) is 0. The maximum Gasteiger partial charge on any atom is 0.265 e. The van der Waals surface area contributed by atoms with Crippen LogP contribution in [0.5, 0.6) is 0 Å². The molecule has 0 bridgehead atoms. The Labute approximate surface area is 138 Å². The SMILES string of the molecule is CCN(c1ccccc1C)S(=O)(=O)c1ccc(Br)cc1Cl. The van der Waals surface area contributed by atoms with Gasteiger partial charge in [0.2, 0.25) is 0 Å². The Bertz CT molecular complexity index is 762. The molecule has 2 rings (SSSR count). The standard InChI is InChI=1S/C15H15BrClNO2S/c1-3-18(14-7-5-4-6-11(14)2)21(19,20)15-9-8-12(16)10-13(15)17/h4-10H,3H2,1-2H3. The normalized spacial score (nSPS) is 11.4. The number of halogens is 2. The van der Waals surface area contributed by atoms with Crippen molar-refractivity contribution in [1.29, 1.82) is 0 Å². The Morgan fingerprint density at radius 2 is 1.86 bits per heavy atom. The summed E-state index contributed by atoms with van der Waals surface area (Å²) >= 11 is 9.39. The van der Waals surface area contributed by atoms with E-state index in [2.05, 4.69) is 15.9 Å². The largest absolute Gasteiger partial charge is 0.266 e. The molecule has 3 nitrogen and oxygen atoms in total. The topological polar surface area (TPSA) is 37.4 Å². The van der Waals surface area contributed by atoms with Gasteiger partial charge >= 0.3 is 0 Å². The molecule has 0 aliphatic rings. The maximum absolute atomic E-state index is 12.9. The lowest BCUT2D eigenvalue weighted by Gasteiger charge is -2.25. The molecule has 0 N–H and O–H groups in total. The second kappa shape index (κ2) is 6.38. The van der Waals surface area contributed by atoms with Crippen molar-refractivity contribution >= 4 is 43.2 Å². The molecular weight excluding hydrogens is 374 g/mol. The molecule has 2 aromatic carbocycles. The van der Waals surface area contributed by atoms with Crippen LogP contribution in [-0.4, -0.2) is 15.0 Å². The van der Waals surface area contributed by atoms with Gasteiger partial charge in [-0.25, -0.2) is 8.42 Å². The molecule has 0 spiro atoms. The van der Waals surface area contributed by atoms with Gasteiger partial charge in [0.1, 0.15) is 4.90 Å². The van der Waals surface area contributed by atoms with E-state index in [1.165, 1.54) is 10.4 Å². The lowest BCUT2D eigenvalue weighted by Crippen LogP contribution is -2.31. The predicted molar refractivity (Wildman–Crippen MR) is 90.5 cm³/mol. The Morgan fingerprint density at radius 1 is 1.19 bits per heavy atom. The van der Waals surface area contributed by atoms with Crippen molar-refractivity contribution in [3.8, 4) is 0 Å². The van der Waals surface area contributed by atoms with Crippen LogP contribution in [-0.2, 0) is 10.0 Å². The van der Waals surface area contributed by atoms with E-state index >= 15 is 0 Å². The fourth-order valence-electron chi connectivity index (χ4n) is 2.12. The highest BCUT2D eigenvalue weighted by molar-refractivity contribution is 9.10. The number of nitrogens with zero attached hydrogens (tertiary/aromatic N) is 1. The van der Waals surface area contributed by atoms with Gasteiger partial charge in [0.25, 0.3) is 10.0 Å². The van der Waals surface area contributed by atoms with Crippen LogP contribution in [0.3, 0.4) is 0 Å². The van der Waals surface area contributed by atoms with Crippen LogP contribution >= 0.6 is 27.5 Å². The van der Waals surface area contributed by atoms with Crippen molar-refractivity contribution in [3.63, 3.8) is 0 Å². The first-order valence-electron chi connectivity index (χ1n) is 6.41. The summed E-state index contributed by atoms with van der Waals surface area (Å²) in [4.78, 5) is 0.109. The number of anilines is 1. The zero-order valence-electron chi connectivity index (χ0n) is 11.7. The van der Waals surface area contributed by atoms with Crippen molar-refractivity contribution in [2.24, 2.45) is 0 Å². The number of rotatable bonds is 4. The second-order valence-corrected chi connectivity index (χ2v) is 7.68. The van der Waals surface area contributed by atoms with Crippen LogP contribution in [0.15, 0.2) is 51.8 Å². The summed E-state index contributed by atoms with van der Waals surface area (Å²) in [6, 6.07) is 12.2. The van der Waals surface area contributed by atoms with Gasteiger partial charge in [-0.3, -0.25) is 4.31 Å². The number of aryl methyl sites for hydroxylation is 1. The van der Waals surface area contributed by atoms with Gasteiger partial charge in [-0.1, -0.05) is 45.7 Å².